The van der Waals surface area contributed by atoms with Gasteiger partial charge in [0.15, 0.2) is 5.58 Å². The average molecular weight is 377 g/mol. The first kappa shape index (κ1) is 18.9. The molecule has 3 aromatic rings. The van der Waals surface area contributed by atoms with Crippen molar-refractivity contribution in [1.29, 1.82) is 0 Å². The molecule has 2 aromatic carbocycles. The minimum Gasteiger partial charge on any atom is -0.436 e. The van der Waals surface area contributed by atoms with Crippen LogP contribution in [0, 0.1) is 0 Å². The fourth-order valence-corrected chi connectivity index (χ4v) is 2.49. The molecule has 0 saturated heterocycles. The number of benzene rings is 2. The van der Waals surface area contributed by atoms with Gasteiger partial charge in [0.2, 0.25) is 5.89 Å². The van der Waals surface area contributed by atoms with Crippen molar-refractivity contribution >= 4 is 17.0 Å². The van der Waals surface area contributed by atoms with Gasteiger partial charge >= 0.3 is 6.18 Å². The van der Waals surface area contributed by atoms with Gasteiger partial charge < -0.3 is 14.6 Å². The number of hydrogen-bond donors (Lipinski definition) is 1. The number of carbonyl (C=O) groups excluding carboxylic acids is 1. The van der Waals surface area contributed by atoms with Crippen LogP contribution in [0.3, 0.4) is 0 Å². The van der Waals surface area contributed by atoms with Crippen LogP contribution in [0.1, 0.15) is 15.9 Å². The van der Waals surface area contributed by atoms with Crippen molar-refractivity contribution < 1.29 is 22.4 Å². The molecule has 0 aliphatic carbocycles. The van der Waals surface area contributed by atoms with Crippen molar-refractivity contribution in [2.24, 2.45) is 0 Å². The summed E-state index contributed by atoms with van der Waals surface area (Å²) in [7, 11) is 3.82. The van der Waals surface area contributed by atoms with Crippen molar-refractivity contribution in [2.45, 2.75) is 6.18 Å². The van der Waals surface area contributed by atoms with E-state index in [1.54, 1.807) is 18.2 Å². The first-order valence-corrected chi connectivity index (χ1v) is 8.25. The first-order valence-electron chi connectivity index (χ1n) is 8.25. The molecule has 1 amide bonds. The molecule has 0 spiro atoms. The SMILES string of the molecule is CN(C)CCNC(=O)c1ccc2nc(-c3ccc(C(F)(F)F)cc3)oc2c1. The zero-order valence-corrected chi connectivity index (χ0v) is 14.8. The second-order valence-electron chi connectivity index (χ2n) is 6.34. The Kier molecular flexibility index (Phi) is 5.18. The number of amides is 1. The molecule has 0 atom stereocenters. The summed E-state index contributed by atoms with van der Waals surface area (Å²) in [5.41, 5.74) is 1.03. The number of halogens is 3. The Morgan fingerprint density at radius 1 is 1.15 bits per heavy atom. The Hall–Kier alpha value is -2.87. The summed E-state index contributed by atoms with van der Waals surface area (Å²) in [5, 5.41) is 2.80. The van der Waals surface area contributed by atoms with Crippen LogP contribution in [0.15, 0.2) is 46.9 Å². The van der Waals surface area contributed by atoms with Crippen LogP contribution in [0.2, 0.25) is 0 Å². The normalized spacial score (nSPS) is 11.9. The number of likely N-dealkylation sites (N-methyl/N-ethyl adjacent to an activating group) is 1. The number of hydrogen-bond acceptors (Lipinski definition) is 4. The Labute approximate surface area is 153 Å². The molecule has 1 heterocycles. The van der Waals surface area contributed by atoms with E-state index in [0.29, 0.717) is 35.3 Å². The monoisotopic (exact) mass is 377 g/mol. The Morgan fingerprint density at radius 3 is 2.48 bits per heavy atom. The predicted octanol–water partition coefficient (Wildman–Crippen LogP) is 3.81. The Balaban J connectivity index is 1.80. The summed E-state index contributed by atoms with van der Waals surface area (Å²) in [6.07, 6.45) is -4.39. The van der Waals surface area contributed by atoms with Gasteiger partial charge in [-0.1, -0.05) is 0 Å². The summed E-state index contributed by atoms with van der Waals surface area (Å²) in [6, 6.07) is 9.42. The van der Waals surface area contributed by atoms with Crippen molar-refractivity contribution in [3.63, 3.8) is 0 Å². The quantitative estimate of drug-likeness (QED) is 0.735. The highest BCUT2D eigenvalue weighted by Crippen LogP contribution is 2.31. The fourth-order valence-electron chi connectivity index (χ4n) is 2.49. The molecule has 1 N–H and O–H groups in total. The number of carbonyl (C=O) groups is 1. The Bertz CT molecular complexity index is 947. The van der Waals surface area contributed by atoms with Crippen LogP contribution < -0.4 is 5.32 Å². The van der Waals surface area contributed by atoms with Crippen LogP contribution in [0.5, 0.6) is 0 Å². The molecule has 142 valence electrons. The second kappa shape index (κ2) is 7.40. The minimum atomic E-state index is -4.39. The maximum atomic E-state index is 12.7. The van der Waals surface area contributed by atoms with Gasteiger partial charge in [0.05, 0.1) is 5.56 Å². The highest BCUT2D eigenvalue weighted by molar-refractivity contribution is 5.97. The molecule has 27 heavy (non-hydrogen) atoms. The minimum absolute atomic E-state index is 0.198. The van der Waals surface area contributed by atoms with Gasteiger partial charge in [0.1, 0.15) is 5.52 Å². The topological polar surface area (TPSA) is 58.4 Å². The van der Waals surface area contributed by atoms with Crippen LogP contribution in [-0.2, 0) is 6.18 Å². The number of nitrogens with one attached hydrogen (secondary N) is 1. The van der Waals surface area contributed by atoms with Crippen LogP contribution in [0.4, 0.5) is 13.2 Å². The lowest BCUT2D eigenvalue weighted by Crippen LogP contribution is -2.31. The zero-order valence-electron chi connectivity index (χ0n) is 14.8. The third kappa shape index (κ3) is 4.46. The van der Waals surface area contributed by atoms with Gasteiger partial charge in [-0.05, 0) is 56.6 Å². The maximum absolute atomic E-state index is 12.7. The standard InChI is InChI=1S/C19H18F3N3O2/c1-25(2)10-9-23-17(26)13-5-8-15-16(11-13)27-18(24-15)12-3-6-14(7-4-12)19(20,21)22/h3-8,11H,9-10H2,1-2H3,(H,23,26). The summed E-state index contributed by atoms with van der Waals surface area (Å²) in [4.78, 5) is 18.4. The van der Waals surface area contributed by atoms with E-state index in [-0.39, 0.29) is 11.8 Å². The van der Waals surface area contributed by atoms with Crippen LogP contribution >= 0.6 is 0 Å². The van der Waals surface area contributed by atoms with Crippen LogP contribution in [-0.4, -0.2) is 43.0 Å². The van der Waals surface area contributed by atoms with E-state index in [2.05, 4.69) is 10.3 Å². The second-order valence-corrected chi connectivity index (χ2v) is 6.34. The van der Waals surface area contributed by atoms with Crippen LogP contribution in [0.25, 0.3) is 22.6 Å². The molecule has 0 unspecified atom stereocenters. The van der Waals surface area contributed by atoms with Gasteiger partial charge in [-0.2, -0.15) is 13.2 Å². The molecule has 0 bridgehead atoms. The van der Waals surface area contributed by atoms with E-state index < -0.39 is 11.7 Å². The van der Waals surface area contributed by atoms with E-state index in [4.69, 9.17) is 4.42 Å². The molecule has 0 fully saturated rings. The summed E-state index contributed by atoms with van der Waals surface area (Å²) < 4.78 is 43.6. The smallest absolute Gasteiger partial charge is 0.416 e. The molecular formula is C19H18F3N3O2. The third-order valence-corrected chi connectivity index (χ3v) is 3.95. The van der Waals surface area contributed by atoms with E-state index in [0.717, 1.165) is 12.1 Å². The molecule has 0 aliphatic heterocycles. The van der Waals surface area contributed by atoms with Gasteiger partial charge in [-0.25, -0.2) is 4.98 Å². The number of fused-ring (bicyclic) bond motifs is 1. The number of alkyl halides is 3. The third-order valence-electron chi connectivity index (χ3n) is 3.95. The molecule has 8 heteroatoms. The van der Waals surface area contributed by atoms with Gasteiger partial charge in [-0.15, -0.1) is 0 Å². The van der Waals surface area contributed by atoms with Crippen molar-refractivity contribution in [1.82, 2.24) is 15.2 Å². The van der Waals surface area contributed by atoms with E-state index in [1.807, 2.05) is 19.0 Å². The number of oxazole rings is 1. The number of rotatable bonds is 5. The molecule has 0 radical (unpaired) electrons. The van der Waals surface area contributed by atoms with Gasteiger partial charge in [-0.3, -0.25) is 4.79 Å². The highest BCUT2D eigenvalue weighted by atomic mass is 19.4. The van der Waals surface area contributed by atoms with Gasteiger partial charge in [0.25, 0.3) is 5.91 Å². The summed E-state index contributed by atoms with van der Waals surface area (Å²) >= 11 is 0. The average Bonchev–Trinajstić information content (AvgIpc) is 3.04. The number of aromatic nitrogens is 1. The summed E-state index contributed by atoms with van der Waals surface area (Å²) in [6.45, 7) is 1.23. The molecule has 1 aromatic heterocycles. The first-order chi connectivity index (χ1) is 12.7. The summed E-state index contributed by atoms with van der Waals surface area (Å²) in [5.74, 6) is -0.0323. The molecule has 0 saturated carbocycles. The molecule has 0 aliphatic rings. The maximum Gasteiger partial charge on any atom is 0.416 e. The lowest BCUT2D eigenvalue weighted by atomic mass is 10.1. The molecule has 5 nitrogen and oxygen atoms in total. The van der Waals surface area contributed by atoms with Gasteiger partial charge in [0, 0.05) is 24.2 Å². The van der Waals surface area contributed by atoms with E-state index >= 15 is 0 Å². The van der Waals surface area contributed by atoms with E-state index in [1.165, 1.54) is 12.1 Å². The zero-order chi connectivity index (χ0) is 19.6. The lowest BCUT2D eigenvalue weighted by molar-refractivity contribution is -0.137. The van der Waals surface area contributed by atoms with E-state index in [9.17, 15) is 18.0 Å². The molecular weight excluding hydrogens is 359 g/mol. The Morgan fingerprint density at radius 2 is 1.85 bits per heavy atom. The number of nitrogens with zero attached hydrogens (tertiary/aromatic N) is 2. The molecule has 3 rings (SSSR count). The largest absolute Gasteiger partial charge is 0.436 e. The predicted molar refractivity (Wildman–Crippen MR) is 95.3 cm³/mol. The lowest BCUT2D eigenvalue weighted by Gasteiger charge is -2.10. The fraction of sp³-hybridized carbons (Fsp3) is 0.263. The van der Waals surface area contributed by atoms with Crippen molar-refractivity contribution in [3.05, 3.63) is 53.6 Å². The van der Waals surface area contributed by atoms with Crippen molar-refractivity contribution in [3.8, 4) is 11.5 Å². The van der Waals surface area contributed by atoms with Crippen molar-refractivity contribution in [2.75, 3.05) is 27.2 Å². The highest BCUT2D eigenvalue weighted by Gasteiger charge is 2.30.